The van der Waals surface area contributed by atoms with Gasteiger partial charge in [-0.3, -0.25) is 9.59 Å². The van der Waals surface area contributed by atoms with Gasteiger partial charge in [0.25, 0.3) is 10.0 Å². The summed E-state index contributed by atoms with van der Waals surface area (Å²) < 4.78 is 27.4. The van der Waals surface area contributed by atoms with Crippen molar-refractivity contribution in [2.45, 2.75) is 29.9 Å². The first-order valence-corrected chi connectivity index (χ1v) is 12.2. The van der Waals surface area contributed by atoms with Gasteiger partial charge in [0.1, 0.15) is 4.21 Å². The SMILES string of the molecule is O=C(O)C1C2CCC(CC2)C1C(=O)N1CCN(S(=O)(=O)c2ccc(Cl)s2)CC1. The summed E-state index contributed by atoms with van der Waals surface area (Å²) in [4.78, 5) is 26.6. The number of amides is 1. The molecule has 0 spiro atoms. The van der Waals surface area contributed by atoms with E-state index in [0.29, 0.717) is 4.34 Å². The van der Waals surface area contributed by atoms with Crippen LogP contribution in [0.5, 0.6) is 0 Å². The van der Waals surface area contributed by atoms with Crippen LogP contribution in [-0.4, -0.2) is 60.8 Å². The summed E-state index contributed by atoms with van der Waals surface area (Å²) in [5, 5.41) is 9.69. The molecule has 1 aromatic heterocycles. The minimum Gasteiger partial charge on any atom is -0.481 e. The number of carboxylic acid groups (broad SMARTS) is 1. The molecule has 2 unspecified atom stereocenters. The lowest BCUT2D eigenvalue weighted by atomic mass is 9.58. The van der Waals surface area contributed by atoms with Crippen LogP contribution in [0.15, 0.2) is 16.3 Å². The molecule has 28 heavy (non-hydrogen) atoms. The average molecular weight is 447 g/mol. The molecule has 1 saturated heterocycles. The number of aliphatic carboxylic acids is 1. The lowest BCUT2D eigenvalue weighted by Crippen LogP contribution is -2.56. The second-order valence-electron chi connectivity index (χ2n) is 7.85. The van der Waals surface area contributed by atoms with Crippen molar-refractivity contribution < 1.29 is 23.1 Å². The highest BCUT2D eigenvalue weighted by molar-refractivity contribution is 7.91. The Kier molecular flexibility index (Phi) is 5.45. The standard InChI is InChI=1S/C18H23ClN2O5S2/c19-13-5-6-14(27-13)28(25,26)21-9-7-20(8-10-21)17(22)15-11-1-3-12(4-2-11)16(15)18(23)24/h5-6,11-12,15-16H,1-4,7-10H2,(H,23,24). The maximum atomic E-state index is 13.2. The number of carbonyl (C=O) groups excluding carboxylic acids is 1. The lowest BCUT2D eigenvalue weighted by molar-refractivity contribution is -0.162. The van der Waals surface area contributed by atoms with Gasteiger partial charge in [-0.05, 0) is 49.7 Å². The van der Waals surface area contributed by atoms with Crippen molar-refractivity contribution in [1.29, 1.82) is 0 Å². The first-order valence-electron chi connectivity index (χ1n) is 9.56. The normalized spacial score (nSPS) is 31.1. The van der Waals surface area contributed by atoms with Crippen LogP contribution in [0.1, 0.15) is 25.7 Å². The maximum absolute atomic E-state index is 13.2. The van der Waals surface area contributed by atoms with E-state index in [1.54, 1.807) is 11.0 Å². The number of rotatable bonds is 4. The van der Waals surface area contributed by atoms with Crippen molar-refractivity contribution in [3.8, 4) is 0 Å². The summed E-state index contributed by atoms with van der Waals surface area (Å²) in [6.45, 7) is 0.999. The zero-order chi connectivity index (χ0) is 20.1. The van der Waals surface area contributed by atoms with Gasteiger partial charge in [-0.25, -0.2) is 8.42 Å². The Morgan fingerprint density at radius 1 is 1.00 bits per heavy atom. The van der Waals surface area contributed by atoms with Gasteiger partial charge < -0.3 is 10.0 Å². The Morgan fingerprint density at radius 3 is 2.07 bits per heavy atom. The van der Waals surface area contributed by atoms with E-state index in [1.165, 1.54) is 10.4 Å². The van der Waals surface area contributed by atoms with Gasteiger partial charge in [0.15, 0.2) is 0 Å². The van der Waals surface area contributed by atoms with E-state index >= 15 is 0 Å². The maximum Gasteiger partial charge on any atom is 0.307 e. The number of nitrogens with zero attached hydrogens (tertiary/aromatic N) is 2. The molecule has 1 aliphatic heterocycles. The van der Waals surface area contributed by atoms with E-state index in [9.17, 15) is 23.1 Å². The number of thiophene rings is 1. The molecule has 0 aromatic carbocycles. The highest BCUT2D eigenvalue weighted by Gasteiger charge is 2.51. The van der Waals surface area contributed by atoms with Crippen LogP contribution in [0, 0.1) is 23.7 Å². The molecule has 2 heterocycles. The molecule has 4 fully saturated rings. The zero-order valence-corrected chi connectivity index (χ0v) is 17.7. The summed E-state index contributed by atoms with van der Waals surface area (Å²) >= 11 is 6.88. The molecular weight excluding hydrogens is 424 g/mol. The van der Waals surface area contributed by atoms with Crippen LogP contribution in [0.2, 0.25) is 4.34 Å². The third kappa shape index (κ3) is 3.46. The Labute approximate surface area is 173 Å². The smallest absolute Gasteiger partial charge is 0.307 e. The van der Waals surface area contributed by atoms with Crippen molar-refractivity contribution >= 4 is 44.8 Å². The predicted molar refractivity (Wildman–Crippen MR) is 105 cm³/mol. The highest BCUT2D eigenvalue weighted by atomic mass is 35.5. The summed E-state index contributed by atoms with van der Waals surface area (Å²) in [5.74, 6) is -1.84. The van der Waals surface area contributed by atoms with Gasteiger partial charge in [0.2, 0.25) is 5.91 Å². The minimum absolute atomic E-state index is 0.0849. The predicted octanol–water partition coefficient (Wildman–Crippen LogP) is 2.37. The molecule has 1 amide bonds. The van der Waals surface area contributed by atoms with Crippen LogP contribution < -0.4 is 0 Å². The average Bonchev–Trinajstić information content (AvgIpc) is 3.15. The number of piperazine rings is 1. The second kappa shape index (κ2) is 7.59. The second-order valence-corrected chi connectivity index (χ2v) is 11.7. The van der Waals surface area contributed by atoms with Gasteiger partial charge in [-0.15, -0.1) is 11.3 Å². The fraction of sp³-hybridized carbons (Fsp3) is 0.667. The zero-order valence-electron chi connectivity index (χ0n) is 15.3. The molecule has 154 valence electrons. The molecule has 2 bridgehead atoms. The first-order chi connectivity index (χ1) is 13.3. The topological polar surface area (TPSA) is 95.0 Å². The number of halogens is 1. The van der Waals surface area contributed by atoms with Crippen molar-refractivity contribution in [2.24, 2.45) is 23.7 Å². The highest BCUT2D eigenvalue weighted by Crippen LogP contribution is 2.49. The van der Waals surface area contributed by atoms with E-state index in [0.717, 1.165) is 37.0 Å². The van der Waals surface area contributed by atoms with Gasteiger partial charge in [0, 0.05) is 26.2 Å². The molecule has 3 saturated carbocycles. The molecule has 4 aliphatic rings. The largest absolute Gasteiger partial charge is 0.481 e. The third-order valence-corrected chi connectivity index (χ3v) is 10.1. The van der Waals surface area contributed by atoms with E-state index in [1.807, 2.05) is 0 Å². The van der Waals surface area contributed by atoms with Gasteiger partial charge in [-0.1, -0.05) is 11.6 Å². The van der Waals surface area contributed by atoms with E-state index in [2.05, 4.69) is 0 Å². The Balaban J connectivity index is 1.45. The van der Waals surface area contributed by atoms with E-state index < -0.39 is 27.8 Å². The number of sulfonamides is 1. The molecule has 10 heteroatoms. The number of carboxylic acids is 1. The lowest BCUT2D eigenvalue weighted by Gasteiger charge is -2.48. The summed E-state index contributed by atoms with van der Waals surface area (Å²) in [5.41, 5.74) is 0. The van der Waals surface area contributed by atoms with Crippen LogP contribution in [-0.2, 0) is 19.6 Å². The van der Waals surface area contributed by atoms with Crippen molar-refractivity contribution in [1.82, 2.24) is 9.21 Å². The Bertz CT molecular complexity index is 870. The van der Waals surface area contributed by atoms with Crippen LogP contribution in [0.3, 0.4) is 0 Å². The van der Waals surface area contributed by atoms with Crippen LogP contribution in [0.4, 0.5) is 0 Å². The van der Waals surface area contributed by atoms with Gasteiger partial charge in [0.05, 0.1) is 16.2 Å². The van der Waals surface area contributed by atoms with E-state index in [4.69, 9.17) is 11.6 Å². The Hall–Kier alpha value is -1.16. The van der Waals surface area contributed by atoms with Crippen molar-refractivity contribution in [3.63, 3.8) is 0 Å². The number of fused-ring (bicyclic) bond motifs is 3. The molecule has 5 rings (SSSR count). The summed E-state index contributed by atoms with van der Waals surface area (Å²) in [6, 6.07) is 3.05. The number of hydrogen-bond donors (Lipinski definition) is 1. The number of carbonyl (C=O) groups is 2. The number of hydrogen-bond acceptors (Lipinski definition) is 5. The molecule has 1 N–H and O–H groups in total. The molecule has 1 aromatic rings. The quantitative estimate of drug-likeness (QED) is 0.766. The summed E-state index contributed by atoms with van der Waals surface area (Å²) in [6.07, 6.45) is 3.61. The summed E-state index contributed by atoms with van der Waals surface area (Å²) in [7, 11) is -3.61. The fourth-order valence-corrected chi connectivity index (χ4v) is 8.14. The minimum atomic E-state index is -3.61. The van der Waals surface area contributed by atoms with Crippen molar-refractivity contribution in [3.05, 3.63) is 16.5 Å². The third-order valence-electron chi connectivity index (χ3n) is 6.48. The fourth-order valence-electron chi connectivity index (χ4n) is 5.08. The molecule has 7 nitrogen and oxygen atoms in total. The van der Waals surface area contributed by atoms with Crippen LogP contribution >= 0.6 is 22.9 Å². The molecular formula is C18H23ClN2O5S2. The van der Waals surface area contributed by atoms with E-state index in [-0.39, 0.29) is 48.1 Å². The molecule has 0 radical (unpaired) electrons. The molecule has 2 atom stereocenters. The monoisotopic (exact) mass is 446 g/mol. The van der Waals surface area contributed by atoms with Gasteiger partial charge >= 0.3 is 5.97 Å². The van der Waals surface area contributed by atoms with Crippen molar-refractivity contribution in [2.75, 3.05) is 26.2 Å². The van der Waals surface area contributed by atoms with Crippen LogP contribution in [0.25, 0.3) is 0 Å². The molecule has 3 aliphatic carbocycles. The Morgan fingerprint density at radius 2 is 1.57 bits per heavy atom. The first kappa shape index (κ1) is 20.1. The van der Waals surface area contributed by atoms with Gasteiger partial charge in [-0.2, -0.15) is 4.31 Å².